The van der Waals surface area contributed by atoms with Crippen LogP contribution in [0, 0.1) is 0 Å². The van der Waals surface area contributed by atoms with Gasteiger partial charge in [0.1, 0.15) is 12.4 Å². The molecule has 152 valence electrons. The maximum absolute atomic E-state index is 12.9. The predicted octanol–water partition coefficient (Wildman–Crippen LogP) is 5.93. The number of fused-ring (bicyclic) bond motifs is 5. The highest BCUT2D eigenvalue weighted by Crippen LogP contribution is 2.50. The summed E-state index contributed by atoms with van der Waals surface area (Å²) < 4.78 is 10.9. The average Bonchev–Trinajstić information content (AvgIpc) is 3.09. The molecular weight excluding hydrogens is 374 g/mol. The first-order chi connectivity index (χ1) is 14.7. The molecule has 0 saturated carbocycles. The van der Waals surface area contributed by atoms with Gasteiger partial charge in [-0.1, -0.05) is 54.6 Å². The minimum absolute atomic E-state index is 0.0974. The molecule has 1 amide bonds. The lowest BCUT2D eigenvalue weighted by Gasteiger charge is -2.33. The third kappa shape index (κ3) is 3.43. The molecule has 1 aliphatic carbocycles. The number of carbonyl (C=O) groups is 1. The summed E-state index contributed by atoms with van der Waals surface area (Å²) in [6, 6.07) is 24.8. The summed E-state index contributed by atoms with van der Waals surface area (Å²) >= 11 is 0. The third-order valence-electron chi connectivity index (χ3n) is 6.35. The zero-order chi connectivity index (χ0) is 20.5. The number of rotatable bonds is 4. The van der Waals surface area contributed by atoms with E-state index in [1.165, 1.54) is 16.7 Å². The number of hydrogen-bond acceptors (Lipinski definition) is 3. The summed E-state index contributed by atoms with van der Waals surface area (Å²) in [5.41, 5.74) is 5.98. The van der Waals surface area contributed by atoms with Crippen molar-refractivity contribution in [3.8, 4) is 16.9 Å². The quantitative estimate of drug-likeness (QED) is 0.545. The van der Waals surface area contributed by atoms with Crippen LogP contribution in [-0.2, 0) is 11.3 Å². The molecule has 2 atom stereocenters. The lowest BCUT2D eigenvalue weighted by Crippen LogP contribution is -2.37. The van der Waals surface area contributed by atoms with Crippen molar-refractivity contribution in [1.82, 2.24) is 4.90 Å². The van der Waals surface area contributed by atoms with Crippen LogP contribution in [-0.4, -0.2) is 24.6 Å². The number of likely N-dealkylation sites (tertiary alicyclic amines) is 1. The molecule has 4 heteroatoms. The number of methoxy groups -OCH3 is 1. The van der Waals surface area contributed by atoms with Gasteiger partial charge in [0.25, 0.3) is 0 Å². The number of ether oxygens (including phenoxy) is 2. The largest absolute Gasteiger partial charge is 0.497 e. The summed E-state index contributed by atoms with van der Waals surface area (Å²) in [5, 5.41) is 0. The van der Waals surface area contributed by atoms with Crippen molar-refractivity contribution < 1.29 is 14.3 Å². The van der Waals surface area contributed by atoms with Gasteiger partial charge in [-0.15, -0.1) is 0 Å². The molecule has 0 spiro atoms. The van der Waals surface area contributed by atoms with Crippen LogP contribution < -0.4 is 4.74 Å². The number of amides is 1. The van der Waals surface area contributed by atoms with Crippen LogP contribution in [0.2, 0.25) is 0 Å². The van der Waals surface area contributed by atoms with Gasteiger partial charge in [0.05, 0.1) is 13.2 Å². The molecule has 1 saturated heterocycles. The fourth-order valence-electron chi connectivity index (χ4n) is 4.76. The Morgan fingerprint density at radius 3 is 2.50 bits per heavy atom. The van der Waals surface area contributed by atoms with Gasteiger partial charge in [-0.05, 0) is 64.8 Å². The molecule has 5 rings (SSSR count). The zero-order valence-electron chi connectivity index (χ0n) is 17.1. The van der Waals surface area contributed by atoms with E-state index in [4.69, 9.17) is 9.47 Å². The Morgan fingerprint density at radius 2 is 1.73 bits per heavy atom. The molecule has 30 heavy (non-hydrogen) atoms. The van der Waals surface area contributed by atoms with Gasteiger partial charge in [-0.3, -0.25) is 0 Å². The molecule has 1 heterocycles. The van der Waals surface area contributed by atoms with Crippen molar-refractivity contribution in [1.29, 1.82) is 0 Å². The molecule has 2 aliphatic rings. The minimum atomic E-state index is -0.218. The predicted molar refractivity (Wildman–Crippen MR) is 116 cm³/mol. The van der Waals surface area contributed by atoms with Crippen molar-refractivity contribution in [3.63, 3.8) is 0 Å². The Kier molecular flexibility index (Phi) is 4.91. The van der Waals surface area contributed by atoms with E-state index in [1.807, 2.05) is 47.4 Å². The molecule has 4 nitrogen and oxygen atoms in total. The Balaban J connectivity index is 1.37. The molecule has 1 unspecified atom stereocenters. The first-order valence-electron chi connectivity index (χ1n) is 10.5. The van der Waals surface area contributed by atoms with E-state index >= 15 is 0 Å². The standard InChI is InChI=1S/C26H25NO3/c1-29-22-10-7-19(8-11-22)20-9-12-23-21-13-14-27(25(16-21)24(23)15-20)26(28)30-17-18-5-3-2-4-6-18/h2-12,15,21,25H,13-14,16-17H2,1H3/t21?,25-/m1/s1. The average molecular weight is 399 g/mol. The second-order valence-corrected chi connectivity index (χ2v) is 8.04. The van der Waals surface area contributed by atoms with E-state index in [-0.39, 0.29) is 12.1 Å². The maximum atomic E-state index is 12.9. The van der Waals surface area contributed by atoms with Gasteiger partial charge in [0.15, 0.2) is 0 Å². The number of benzene rings is 3. The Labute approximate surface area is 177 Å². The summed E-state index contributed by atoms with van der Waals surface area (Å²) in [6.07, 6.45) is 1.76. The van der Waals surface area contributed by atoms with Gasteiger partial charge in [-0.2, -0.15) is 0 Å². The van der Waals surface area contributed by atoms with Crippen molar-refractivity contribution in [3.05, 3.63) is 89.5 Å². The molecule has 2 bridgehead atoms. The van der Waals surface area contributed by atoms with E-state index in [0.717, 1.165) is 36.3 Å². The van der Waals surface area contributed by atoms with Crippen LogP contribution in [0.1, 0.15) is 41.5 Å². The van der Waals surface area contributed by atoms with Gasteiger partial charge in [0, 0.05) is 6.54 Å². The van der Waals surface area contributed by atoms with Crippen LogP contribution in [0.3, 0.4) is 0 Å². The maximum Gasteiger partial charge on any atom is 0.410 e. The second kappa shape index (κ2) is 7.86. The molecule has 0 aromatic heterocycles. The number of carbonyl (C=O) groups excluding carboxylic acids is 1. The van der Waals surface area contributed by atoms with Crippen LogP contribution in [0.25, 0.3) is 11.1 Å². The second-order valence-electron chi connectivity index (χ2n) is 8.04. The number of nitrogens with zero attached hydrogens (tertiary/aromatic N) is 1. The summed E-state index contributed by atoms with van der Waals surface area (Å²) in [7, 11) is 1.68. The van der Waals surface area contributed by atoms with Gasteiger partial charge < -0.3 is 14.4 Å². The smallest absolute Gasteiger partial charge is 0.410 e. The summed E-state index contributed by atoms with van der Waals surface area (Å²) in [5.74, 6) is 1.39. The summed E-state index contributed by atoms with van der Waals surface area (Å²) in [4.78, 5) is 14.8. The Hall–Kier alpha value is -3.27. The molecule has 1 fully saturated rings. The van der Waals surface area contributed by atoms with Gasteiger partial charge in [-0.25, -0.2) is 4.79 Å². The first kappa shape index (κ1) is 18.7. The molecule has 1 aliphatic heterocycles. The van der Waals surface area contributed by atoms with Crippen molar-refractivity contribution in [2.75, 3.05) is 13.7 Å². The molecule has 3 aromatic rings. The Morgan fingerprint density at radius 1 is 0.967 bits per heavy atom. The van der Waals surface area contributed by atoms with E-state index in [1.54, 1.807) is 7.11 Å². The van der Waals surface area contributed by atoms with Crippen molar-refractivity contribution >= 4 is 6.09 Å². The number of piperidine rings is 1. The highest BCUT2D eigenvalue weighted by Gasteiger charge is 2.41. The van der Waals surface area contributed by atoms with Gasteiger partial charge >= 0.3 is 6.09 Å². The minimum Gasteiger partial charge on any atom is -0.497 e. The van der Waals surface area contributed by atoms with E-state index in [0.29, 0.717) is 12.5 Å². The SMILES string of the molecule is COc1ccc(-c2ccc3c(c2)[C@H]2CC3CCN2C(=O)OCc2ccccc2)cc1. The normalized spacial score (nSPS) is 19.3. The Bertz CT molecular complexity index is 1050. The lowest BCUT2D eigenvalue weighted by atomic mass is 9.95. The van der Waals surface area contributed by atoms with Crippen molar-refractivity contribution in [2.45, 2.75) is 31.4 Å². The fourth-order valence-corrected chi connectivity index (χ4v) is 4.76. The van der Waals surface area contributed by atoms with Crippen molar-refractivity contribution in [2.24, 2.45) is 0 Å². The molecule has 0 radical (unpaired) electrons. The molecular formula is C26H25NO3. The van der Waals surface area contributed by atoms with E-state index in [9.17, 15) is 4.79 Å². The van der Waals surface area contributed by atoms with E-state index < -0.39 is 0 Å². The number of hydrogen-bond donors (Lipinski definition) is 0. The van der Waals surface area contributed by atoms with Crippen LogP contribution in [0.15, 0.2) is 72.8 Å². The molecule has 0 N–H and O–H groups in total. The first-order valence-corrected chi connectivity index (χ1v) is 10.5. The third-order valence-corrected chi connectivity index (χ3v) is 6.35. The van der Waals surface area contributed by atoms with Crippen LogP contribution in [0.4, 0.5) is 4.79 Å². The molecule has 3 aromatic carbocycles. The summed E-state index contributed by atoms with van der Waals surface area (Å²) in [6.45, 7) is 1.06. The monoisotopic (exact) mass is 399 g/mol. The van der Waals surface area contributed by atoms with E-state index in [2.05, 4.69) is 30.3 Å². The highest BCUT2D eigenvalue weighted by molar-refractivity contribution is 5.71. The van der Waals surface area contributed by atoms with Crippen LogP contribution >= 0.6 is 0 Å². The zero-order valence-corrected chi connectivity index (χ0v) is 17.1. The lowest BCUT2D eigenvalue weighted by molar-refractivity contribution is 0.0694. The highest BCUT2D eigenvalue weighted by atomic mass is 16.6. The van der Waals surface area contributed by atoms with Gasteiger partial charge in [0.2, 0.25) is 0 Å². The topological polar surface area (TPSA) is 38.8 Å². The fraction of sp³-hybridized carbons (Fsp3) is 0.269. The van der Waals surface area contributed by atoms with Crippen LogP contribution in [0.5, 0.6) is 5.75 Å².